The van der Waals surface area contributed by atoms with Gasteiger partial charge in [0.2, 0.25) is 5.91 Å². The summed E-state index contributed by atoms with van der Waals surface area (Å²) in [6.45, 7) is 5.63. The number of amides is 3. The minimum absolute atomic E-state index is 0. The van der Waals surface area contributed by atoms with Gasteiger partial charge < -0.3 is 21.7 Å². The number of halogens is 1. The fourth-order valence-electron chi connectivity index (χ4n) is 1.30. The van der Waals surface area contributed by atoms with Crippen molar-refractivity contribution < 1.29 is 9.59 Å². The van der Waals surface area contributed by atoms with Crippen LogP contribution in [-0.2, 0) is 4.79 Å². The zero-order valence-electron chi connectivity index (χ0n) is 11.8. The maximum Gasteiger partial charge on any atom is 0.319 e. The molecule has 5 N–H and O–H groups in total. The number of anilines is 2. The third kappa shape index (κ3) is 5.90. The van der Waals surface area contributed by atoms with Crippen molar-refractivity contribution in [1.29, 1.82) is 0 Å². The lowest BCUT2D eigenvalue weighted by atomic mass is 10.1. The lowest BCUT2D eigenvalue weighted by Crippen LogP contribution is -2.45. The van der Waals surface area contributed by atoms with E-state index in [-0.39, 0.29) is 24.3 Å². The largest absolute Gasteiger partial charge is 0.338 e. The summed E-state index contributed by atoms with van der Waals surface area (Å²) >= 11 is 0. The predicted octanol–water partition coefficient (Wildman–Crippen LogP) is 1.93. The Morgan fingerprint density at radius 2 is 1.75 bits per heavy atom. The van der Waals surface area contributed by atoms with Gasteiger partial charge in [0.15, 0.2) is 0 Å². The van der Waals surface area contributed by atoms with Gasteiger partial charge in [-0.2, -0.15) is 0 Å². The van der Waals surface area contributed by atoms with Crippen LogP contribution in [-0.4, -0.2) is 24.0 Å². The normalized spacial score (nSPS) is 10.2. The molecule has 0 atom stereocenters. The van der Waals surface area contributed by atoms with E-state index in [1.807, 2.05) is 6.92 Å². The highest BCUT2D eigenvalue weighted by Crippen LogP contribution is 2.16. The minimum atomic E-state index is -0.955. The fraction of sp³-hybridized carbons (Fsp3) is 0.385. The van der Waals surface area contributed by atoms with Crippen LogP contribution < -0.4 is 21.7 Å². The molecule has 0 fully saturated rings. The number of carbonyl (C=O) groups is 2. The van der Waals surface area contributed by atoms with Gasteiger partial charge in [0.05, 0.1) is 5.54 Å². The molecule has 0 bridgehead atoms. The first-order chi connectivity index (χ1) is 8.82. The average molecular weight is 301 g/mol. The first kappa shape index (κ1) is 18.2. The van der Waals surface area contributed by atoms with Crippen LogP contribution in [0, 0.1) is 0 Å². The number of hydrogen-bond acceptors (Lipinski definition) is 3. The van der Waals surface area contributed by atoms with E-state index in [1.165, 1.54) is 0 Å². The molecule has 0 unspecified atom stereocenters. The zero-order valence-corrected chi connectivity index (χ0v) is 12.6. The quantitative estimate of drug-likeness (QED) is 0.684. The molecule has 7 heteroatoms. The van der Waals surface area contributed by atoms with Crippen LogP contribution in [0.25, 0.3) is 0 Å². The first-order valence-electron chi connectivity index (χ1n) is 6.08. The van der Waals surface area contributed by atoms with Gasteiger partial charge >= 0.3 is 6.03 Å². The van der Waals surface area contributed by atoms with Crippen LogP contribution in [0.2, 0.25) is 0 Å². The topological polar surface area (TPSA) is 96.2 Å². The number of hydrogen-bond donors (Lipinski definition) is 4. The summed E-state index contributed by atoms with van der Waals surface area (Å²) in [5, 5.41) is 7.98. The van der Waals surface area contributed by atoms with Gasteiger partial charge in [-0.25, -0.2) is 4.79 Å². The van der Waals surface area contributed by atoms with Crippen LogP contribution in [0.15, 0.2) is 24.3 Å². The Morgan fingerprint density at radius 3 is 2.25 bits per heavy atom. The van der Waals surface area contributed by atoms with E-state index in [4.69, 9.17) is 5.73 Å². The Kier molecular flexibility index (Phi) is 7.02. The third-order valence-electron chi connectivity index (χ3n) is 2.30. The van der Waals surface area contributed by atoms with Crippen LogP contribution in [0.5, 0.6) is 0 Å². The monoisotopic (exact) mass is 300 g/mol. The zero-order chi connectivity index (χ0) is 14.5. The summed E-state index contributed by atoms with van der Waals surface area (Å²) in [7, 11) is 0. The SMILES string of the molecule is CCNC(=O)Nc1cccc(NC(=O)C(C)(C)N)c1.Cl. The summed E-state index contributed by atoms with van der Waals surface area (Å²) in [6, 6.07) is 6.58. The van der Waals surface area contributed by atoms with Crippen molar-refractivity contribution in [2.45, 2.75) is 26.3 Å². The lowest BCUT2D eigenvalue weighted by molar-refractivity contribution is -0.120. The number of rotatable bonds is 4. The molecule has 112 valence electrons. The van der Waals surface area contributed by atoms with Gasteiger partial charge in [0.25, 0.3) is 0 Å². The molecule has 0 aliphatic heterocycles. The molecule has 0 spiro atoms. The summed E-state index contributed by atoms with van der Waals surface area (Å²) in [5.41, 5.74) is 5.92. The van der Waals surface area contributed by atoms with E-state index in [1.54, 1.807) is 38.1 Å². The van der Waals surface area contributed by atoms with Crippen LogP contribution in [0.4, 0.5) is 16.2 Å². The van der Waals surface area contributed by atoms with Gasteiger partial charge in [-0.05, 0) is 39.0 Å². The molecular weight excluding hydrogens is 280 g/mol. The highest BCUT2D eigenvalue weighted by Gasteiger charge is 2.21. The molecule has 3 amide bonds. The number of carbonyl (C=O) groups excluding carboxylic acids is 2. The Bertz CT molecular complexity index is 472. The molecule has 0 aromatic heterocycles. The van der Waals surface area contributed by atoms with Crippen LogP contribution in [0.3, 0.4) is 0 Å². The van der Waals surface area contributed by atoms with Crippen molar-refractivity contribution in [1.82, 2.24) is 5.32 Å². The number of benzene rings is 1. The maximum atomic E-state index is 11.7. The molecule has 1 aromatic rings. The highest BCUT2D eigenvalue weighted by atomic mass is 35.5. The molecule has 0 saturated carbocycles. The molecule has 1 rings (SSSR count). The molecule has 6 nitrogen and oxygen atoms in total. The van der Waals surface area contributed by atoms with Crippen molar-refractivity contribution in [3.63, 3.8) is 0 Å². The summed E-state index contributed by atoms with van der Waals surface area (Å²) < 4.78 is 0. The van der Waals surface area contributed by atoms with Gasteiger partial charge in [0, 0.05) is 17.9 Å². The fourth-order valence-corrected chi connectivity index (χ4v) is 1.30. The van der Waals surface area contributed by atoms with Crippen molar-refractivity contribution >= 4 is 35.7 Å². The van der Waals surface area contributed by atoms with Crippen molar-refractivity contribution in [2.75, 3.05) is 17.2 Å². The van der Waals surface area contributed by atoms with E-state index in [0.29, 0.717) is 17.9 Å². The molecule has 20 heavy (non-hydrogen) atoms. The Balaban J connectivity index is 0.00000361. The van der Waals surface area contributed by atoms with Gasteiger partial charge in [0.1, 0.15) is 0 Å². The first-order valence-corrected chi connectivity index (χ1v) is 6.08. The molecule has 0 saturated heterocycles. The van der Waals surface area contributed by atoms with E-state index < -0.39 is 5.54 Å². The smallest absolute Gasteiger partial charge is 0.319 e. The summed E-state index contributed by atoms with van der Waals surface area (Å²) in [6.07, 6.45) is 0. The molecule has 0 aliphatic rings. The summed E-state index contributed by atoms with van der Waals surface area (Å²) in [4.78, 5) is 23.1. The Hall–Kier alpha value is -1.79. The number of nitrogens with one attached hydrogen (secondary N) is 3. The van der Waals surface area contributed by atoms with Crippen LogP contribution >= 0.6 is 12.4 Å². The number of urea groups is 1. The van der Waals surface area contributed by atoms with E-state index >= 15 is 0 Å². The lowest BCUT2D eigenvalue weighted by Gasteiger charge is -2.18. The van der Waals surface area contributed by atoms with E-state index in [2.05, 4.69) is 16.0 Å². The Morgan fingerprint density at radius 1 is 1.20 bits per heavy atom. The Labute approximate surface area is 124 Å². The molecule has 1 aromatic carbocycles. The molecular formula is C13H21ClN4O2. The molecule has 0 radical (unpaired) electrons. The van der Waals surface area contributed by atoms with Crippen LogP contribution in [0.1, 0.15) is 20.8 Å². The van der Waals surface area contributed by atoms with Gasteiger partial charge in [-0.3, -0.25) is 4.79 Å². The molecule has 0 heterocycles. The summed E-state index contributed by atoms with van der Waals surface area (Å²) in [5.74, 6) is -0.289. The van der Waals surface area contributed by atoms with E-state index in [9.17, 15) is 9.59 Å². The second kappa shape index (κ2) is 7.72. The van der Waals surface area contributed by atoms with Gasteiger partial charge in [-0.15, -0.1) is 12.4 Å². The van der Waals surface area contributed by atoms with Gasteiger partial charge in [-0.1, -0.05) is 6.07 Å². The van der Waals surface area contributed by atoms with Crippen molar-refractivity contribution in [3.8, 4) is 0 Å². The third-order valence-corrected chi connectivity index (χ3v) is 2.30. The molecule has 0 aliphatic carbocycles. The van der Waals surface area contributed by atoms with Crippen molar-refractivity contribution in [3.05, 3.63) is 24.3 Å². The highest BCUT2D eigenvalue weighted by molar-refractivity contribution is 5.98. The second-order valence-corrected chi connectivity index (χ2v) is 4.74. The minimum Gasteiger partial charge on any atom is -0.338 e. The predicted molar refractivity (Wildman–Crippen MR) is 83.3 cm³/mol. The standard InChI is InChI=1S/C13H20N4O2.ClH/c1-4-15-12(19)17-10-7-5-6-9(8-10)16-11(18)13(2,3)14;/h5-8H,4,14H2,1-3H3,(H,16,18)(H2,15,17,19);1H. The average Bonchev–Trinajstić information content (AvgIpc) is 2.28. The second-order valence-electron chi connectivity index (χ2n) is 4.74. The van der Waals surface area contributed by atoms with E-state index in [0.717, 1.165) is 0 Å². The number of nitrogens with two attached hydrogens (primary N) is 1. The maximum absolute atomic E-state index is 11.7. The van der Waals surface area contributed by atoms with Crippen molar-refractivity contribution in [2.24, 2.45) is 5.73 Å².